The fraction of sp³-hybridized carbons (Fsp3) is 0.500. The van der Waals surface area contributed by atoms with Gasteiger partial charge in [-0.05, 0) is 25.3 Å². The first kappa shape index (κ1) is 13.6. The summed E-state index contributed by atoms with van der Waals surface area (Å²) in [6.45, 7) is 1.90. The Morgan fingerprint density at radius 2 is 1.68 bits per heavy atom. The van der Waals surface area contributed by atoms with Crippen LogP contribution in [0.4, 0.5) is 13.2 Å². The standard InChI is InChI=1S/C12H15F3N4/c1-8-6-18(2)16-10(8)5-4-9-7-19(3)17-11(9)12(13,14)15/h6-7H,4-5H2,1-3H3. The number of hydrogen-bond acceptors (Lipinski definition) is 2. The number of aryl methyl sites for hydroxylation is 5. The number of alkyl halides is 3. The van der Waals surface area contributed by atoms with Gasteiger partial charge in [0.25, 0.3) is 0 Å². The zero-order valence-electron chi connectivity index (χ0n) is 11.0. The predicted octanol–water partition coefficient (Wildman–Crippen LogP) is 2.27. The molecule has 0 amide bonds. The largest absolute Gasteiger partial charge is 0.435 e. The lowest BCUT2D eigenvalue weighted by molar-refractivity contribution is -0.142. The van der Waals surface area contributed by atoms with Crippen molar-refractivity contribution in [2.45, 2.75) is 25.9 Å². The lowest BCUT2D eigenvalue weighted by atomic mass is 10.1. The molecule has 0 unspecified atom stereocenters. The van der Waals surface area contributed by atoms with Gasteiger partial charge < -0.3 is 0 Å². The fourth-order valence-electron chi connectivity index (χ4n) is 2.11. The highest BCUT2D eigenvalue weighted by Gasteiger charge is 2.36. The van der Waals surface area contributed by atoms with E-state index in [9.17, 15) is 13.2 Å². The van der Waals surface area contributed by atoms with Crippen LogP contribution in [0.2, 0.25) is 0 Å². The van der Waals surface area contributed by atoms with E-state index < -0.39 is 11.9 Å². The highest BCUT2D eigenvalue weighted by Crippen LogP contribution is 2.31. The first-order valence-electron chi connectivity index (χ1n) is 5.86. The van der Waals surface area contributed by atoms with Crippen LogP contribution < -0.4 is 0 Å². The molecule has 2 aromatic heterocycles. The summed E-state index contributed by atoms with van der Waals surface area (Å²) in [5.74, 6) is 0. The van der Waals surface area contributed by atoms with Crippen LogP contribution in [0.5, 0.6) is 0 Å². The Bertz CT molecular complexity index is 580. The van der Waals surface area contributed by atoms with E-state index in [4.69, 9.17) is 0 Å². The zero-order chi connectivity index (χ0) is 14.2. The Hall–Kier alpha value is -1.79. The van der Waals surface area contributed by atoms with Crippen molar-refractivity contribution in [1.29, 1.82) is 0 Å². The second kappa shape index (κ2) is 4.71. The third kappa shape index (κ3) is 2.97. The van der Waals surface area contributed by atoms with Gasteiger partial charge in [0.05, 0.1) is 5.69 Å². The SMILES string of the molecule is Cc1cn(C)nc1CCc1cn(C)nc1C(F)(F)F. The highest BCUT2D eigenvalue weighted by atomic mass is 19.4. The average molecular weight is 272 g/mol. The Labute approximate surface area is 108 Å². The van der Waals surface area contributed by atoms with Crippen molar-refractivity contribution in [3.05, 3.63) is 34.9 Å². The van der Waals surface area contributed by atoms with E-state index in [2.05, 4.69) is 10.2 Å². The van der Waals surface area contributed by atoms with E-state index in [0.717, 1.165) is 11.3 Å². The normalized spacial score (nSPS) is 12.1. The molecule has 0 aliphatic rings. The van der Waals surface area contributed by atoms with Crippen LogP contribution in [0, 0.1) is 6.92 Å². The van der Waals surface area contributed by atoms with Crippen LogP contribution in [0.25, 0.3) is 0 Å². The van der Waals surface area contributed by atoms with Crippen LogP contribution in [0.1, 0.15) is 22.5 Å². The molecule has 2 aromatic rings. The summed E-state index contributed by atoms with van der Waals surface area (Å²) in [6.07, 6.45) is -0.387. The summed E-state index contributed by atoms with van der Waals surface area (Å²) >= 11 is 0. The van der Waals surface area contributed by atoms with E-state index in [1.54, 1.807) is 11.7 Å². The van der Waals surface area contributed by atoms with E-state index >= 15 is 0 Å². The molecule has 0 aromatic carbocycles. The van der Waals surface area contributed by atoms with Gasteiger partial charge in [-0.1, -0.05) is 0 Å². The van der Waals surface area contributed by atoms with Gasteiger partial charge in [-0.3, -0.25) is 9.36 Å². The van der Waals surface area contributed by atoms with Gasteiger partial charge >= 0.3 is 6.18 Å². The molecular formula is C12H15F3N4. The Morgan fingerprint density at radius 1 is 1.05 bits per heavy atom. The molecule has 0 spiro atoms. The van der Waals surface area contributed by atoms with Crippen LogP contribution >= 0.6 is 0 Å². The molecule has 104 valence electrons. The topological polar surface area (TPSA) is 35.6 Å². The van der Waals surface area contributed by atoms with Gasteiger partial charge in [0.15, 0.2) is 5.69 Å². The lowest BCUT2D eigenvalue weighted by Gasteiger charge is -2.05. The van der Waals surface area contributed by atoms with Gasteiger partial charge in [-0.25, -0.2) is 0 Å². The van der Waals surface area contributed by atoms with Gasteiger partial charge in [0.2, 0.25) is 0 Å². The summed E-state index contributed by atoms with van der Waals surface area (Å²) in [4.78, 5) is 0. The van der Waals surface area contributed by atoms with Gasteiger partial charge in [0.1, 0.15) is 0 Å². The van der Waals surface area contributed by atoms with Crippen molar-refractivity contribution < 1.29 is 13.2 Å². The molecule has 0 radical (unpaired) electrons. The van der Waals surface area contributed by atoms with Gasteiger partial charge in [0, 0.05) is 32.1 Å². The van der Waals surface area contributed by atoms with Gasteiger partial charge in [-0.2, -0.15) is 23.4 Å². The molecule has 0 N–H and O–H groups in total. The summed E-state index contributed by atoms with van der Waals surface area (Å²) in [5.41, 5.74) is 1.21. The van der Waals surface area contributed by atoms with E-state index in [0.29, 0.717) is 6.42 Å². The maximum Gasteiger partial charge on any atom is 0.435 e. The Morgan fingerprint density at radius 3 is 2.21 bits per heavy atom. The minimum Gasteiger partial charge on any atom is -0.275 e. The molecule has 7 heteroatoms. The number of halogens is 3. The van der Waals surface area contributed by atoms with Crippen LogP contribution in [0.15, 0.2) is 12.4 Å². The average Bonchev–Trinajstić information content (AvgIpc) is 2.78. The lowest BCUT2D eigenvalue weighted by Crippen LogP contribution is -2.10. The molecule has 0 bridgehead atoms. The minimum absolute atomic E-state index is 0.208. The van der Waals surface area contributed by atoms with Gasteiger partial charge in [-0.15, -0.1) is 0 Å². The number of hydrogen-bond donors (Lipinski definition) is 0. The Balaban J connectivity index is 2.18. The fourth-order valence-corrected chi connectivity index (χ4v) is 2.11. The van der Waals surface area contributed by atoms with Crippen molar-refractivity contribution in [3.8, 4) is 0 Å². The van der Waals surface area contributed by atoms with Crippen molar-refractivity contribution in [2.24, 2.45) is 14.1 Å². The molecule has 0 fully saturated rings. The molecule has 2 heterocycles. The van der Waals surface area contributed by atoms with E-state index in [-0.39, 0.29) is 12.0 Å². The third-order valence-electron chi connectivity index (χ3n) is 2.92. The van der Waals surface area contributed by atoms with Crippen molar-refractivity contribution in [2.75, 3.05) is 0 Å². The predicted molar refractivity (Wildman–Crippen MR) is 63.6 cm³/mol. The van der Waals surface area contributed by atoms with E-state index in [1.807, 2.05) is 13.1 Å². The van der Waals surface area contributed by atoms with Crippen molar-refractivity contribution in [3.63, 3.8) is 0 Å². The molecule has 4 nitrogen and oxygen atoms in total. The van der Waals surface area contributed by atoms with Crippen LogP contribution in [0.3, 0.4) is 0 Å². The van der Waals surface area contributed by atoms with E-state index in [1.165, 1.54) is 17.9 Å². The summed E-state index contributed by atoms with van der Waals surface area (Å²) in [5, 5.41) is 7.72. The molecule has 0 saturated carbocycles. The summed E-state index contributed by atoms with van der Waals surface area (Å²) < 4.78 is 41.2. The molecule has 19 heavy (non-hydrogen) atoms. The first-order valence-corrected chi connectivity index (χ1v) is 5.86. The number of rotatable bonds is 3. The smallest absolute Gasteiger partial charge is 0.275 e. The van der Waals surface area contributed by atoms with Crippen LogP contribution in [-0.4, -0.2) is 19.6 Å². The first-order chi connectivity index (χ1) is 8.77. The highest BCUT2D eigenvalue weighted by molar-refractivity contribution is 5.23. The second-order valence-corrected chi connectivity index (χ2v) is 4.61. The van der Waals surface area contributed by atoms with Crippen molar-refractivity contribution in [1.82, 2.24) is 19.6 Å². The molecule has 0 aliphatic carbocycles. The zero-order valence-corrected chi connectivity index (χ0v) is 11.0. The second-order valence-electron chi connectivity index (χ2n) is 4.61. The Kier molecular flexibility index (Phi) is 3.38. The quantitative estimate of drug-likeness (QED) is 0.859. The summed E-state index contributed by atoms with van der Waals surface area (Å²) in [7, 11) is 3.28. The molecule has 0 atom stereocenters. The summed E-state index contributed by atoms with van der Waals surface area (Å²) in [6, 6.07) is 0. The molecule has 0 aliphatic heterocycles. The van der Waals surface area contributed by atoms with Crippen LogP contribution in [-0.2, 0) is 33.1 Å². The molecular weight excluding hydrogens is 257 g/mol. The molecule has 0 saturated heterocycles. The maximum atomic E-state index is 12.8. The number of nitrogens with zero attached hydrogens (tertiary/aromatic N) is 4. The third-order valence-corrected chi connectivity index (χ3v) is 2.92. The maximum absolute atomic E-state index is 12.8. The minimum atomic E-state index is -4.41. The van der Waals surface area contributed by atoms with Crippen molar-refractivity contribution >= 4 is 0 Å². The monoisotopic (exact) mass is 272 g/mol. The molecule has 2 rings (SSSR count). The number of aromatic nitrogens is 4.